The number of aryl methyl sites for hydroxylation is 1. The number of furan rings is 1. The fourth-order valence-corrected chi connectivity index (χ4v) is 3.72. The third kappa shape index (κ3) is 4.22. The Balaban J connectivity index is 1.81. The van der Waals surface area contributed by atoms with Gasteiger partial charge in [-0.3, -0.25) is 9.59 Å². The minimum Gasteiger partial charge on any atom is -0.459 e. The Hall–Kier alpha value is -3.00. The van der Waals surface area contributed by atoms with E-state index in [1.54, 1.807) is 18.4 Å². The van der Waals surface area contributed by atoms with Gasteiger partial charge in [0.1, 0.15) is 0 Å². The fraction of sp³-hybridized carbons (Fsp3) is 0.429. The lowest BCUT2D eigenvalue weighted by atomic mass is 10.0. The Kier molecular flexibility index (Phi) is 6.12. The van der Waals surface area contributed by atoms with Gasteiger partial charge in [-0.05, 0) is 51.8 Å². The van der Waals surface area contributed by atoms with Crippen molar-refractivity contribution < 1.29 is 23.3 Å². The molecule has 3 aromatic heterocycles. The molecule has 0 saturated carbocycles. The highest BCUT2D eigenvalue weighted by molar-refractivity contribution is 6.04. The van der Waals surface area contributed by atoms with Crippen LogP contribution in [0.2, 0.25) is 0 Å². The van der Waals surface area contributed by atoms with Crippen molar-refractivity contribution in [2.45, 2.75) is 53.6 Å². The number of hydrogen-bond acceptors (Lipinski definition) is 6. The number of carbonyl (C=O) groups is 2. The highest BCUT2D eigenvalue weighted by Crippen LogP contribution is 2.20. The molecule has 0 fully saturated rings. The lowest BCUT2D eigenvalue weighted by Gasteiger charge is -2.23. The second-order valence-corrected chi connectivity index (χ2v) is 7.33. The van der Waals surface area contributed by atoms with E-state index in [9.17, 15) is 9.59 Å². The molecule has 0 aromatic carbocycles. The largest absolute Gasteiger partial charge is 0.459 e. The first-order chi connectivity index (χ1) is 13.8. The summed E-state index contributed by atoms with van der Waals surface area (Å²) >= 11 is 0. The van der Waals surface area contributed by atoms with Crippen molar-refractivity contribution in [3.8, 4) is 11.7 Å². The maximum Gasteiger partial charge on any atom is 0.283 e. The van der Waals surface area contributed by atoms with Crippen molar-refractivity contribution in [2.24, 2.45) is 0 Å². The van der Waals surface area contributed by atoms with E-state index in [-0.39, 0.29) is 17.6 Å². The standard InChI is InChI=1S/C21H26N4O4/c1-6-9-25(11-17-23-24-21(29-17)16-8-7-10-28-16)14(4)20(27)19-12(2)18(15(5)26)13(3)22-19/h7-8,10,14,22H,6,9,11H2,1-5H3/p+1/t14-/m0/s1. The molecular weight excluding hydrogens is 372 g/mol. The van der Waals surface area contributed by atoms with Crippen molar-refractivity contribution >= 4 is 11.6 Å². The molecule has 1 unspecified atom stereocenters. The van der Waals surface area contributed by atoms with Crippen LogP contribution >= 0.6 is 0 Å². The van der Waals surface area contributed by atoms with Crippen LogP contribution in [-0.2, 0) is 6.54 Å². The van der Waals surface area contributed by atoms with Gasteiger partial charge >= 0.3 is 0 Å². The Bertz CT molecular complexity index is 1000. The normalized spacial score (nSPS) is 13.4. The molecule has 0 aliphatic rings. The van der Waals surface area contributed by atoms with Crippen molar-refractivity contribution in [1.82, 2.24) is 15.2 Å². The van der Waals surface area contributed by atoms with E-state index in [0.717, 1.165) is 23.6 Å². The highest BCUT2D eigenvalue weighted by atomic mass is 16.4. The van der Waals surface area contributed by atoms with Gasteiger partial charge < -0.3 is 18.7 Å². The summed E-state index contributed by atoms with van der Waals surface area (Å²) in [6.45, 7) is 10.3. The van der Waals surface area contributed by atoms with E-state index in [0.29, 0.717) is 40.9 Å². The molecule has 0 amide bonds. The summed E-state index contributed by atoms with van der Waals surface area (Å²) in [5.41, 5.74) is 2.52. The SMILES string of the molecule is CCC[NH+](Cc1nnc(-c2ccco2)o1)[C@@H](C)C(=O)c1[nH]c(C)c(C(C)=O)c1C. The summed E-state index contributed by atoms with van der Waals surface area (Å²) in [4.78, 5) is 29.2. The molecule has 0 saturated heterocycles. The summed E-state index contributed by atoms with van der Waals surface area (Å²) in [7, 11) is 0. The third-order valence-electron chi connectivity index (χ3n) is 5.19. The van der Waals surface area contributed by atoms with Gasteiger partial charge in [-0.25, -0.2) is 0 Å². The first kappa shape index (κ1) is 20.7. The molecule has 3 aromatic rings. The molecule has 0 bridgehead atoms. The first-order valence-electron chi connectivity index (χ1n) is 9.78. The van der Waals surface area contributed by atoms with Crippen LogP contribution in [0.5, 0.6) is 0 Å². The third-order valence-corrected chi connectivity index (χ3v) is 5.19. The maximum absolute atomic E-state index is 13.2. The van der Waals surface area contributed by atoms with Gasteiger partial charge in [0, 0.05) is 11.3 Å². The Morgan fingerprint density at radius 1 is 1.28 bits per heavy atom. The average molecular weight is 399 g/mol. The van der Waals surface area contributed by atoms with Crippen LogP contribution in [0.15, 0.2) is 27.2 Å². The van der Waals surface area contributed by atoms with E-state index in [1.165, 1.54) is 6.92 Å². The Morgan fingerprint density at radius 2 is 2.03 bits per heavy atom. The van der Waals surface area contributed by atoms with Crippen LogP contribution in [0.25, 0.3) is 11.7 Å². The average Bonchev–Trinajstić information content (AvgIpc) is 3.40. The number of carbonyl (C=O) groups excluding carboxylic acids is 2. The summed E-state index contributed by atoms with van der Waals surface area (Å²) in [6, 6.07) is 3.17. The van der Waals surface area contributed by atoms with Crippen molar-refractivity contribution in [2.75, 3.05) is 6.54 Å². The molecule has 0 aliphatic heterocycles. The van der Waals surface area contributed by atoms with Crippen LogP contribution in [0.3, 0.4) is 0 Å². The first-order valence-corrected chi connectivity index (χ1v) is 9.78. The Labute approximate surface area is 169 Å². The van der Waals surface area contributed by atoms with E-state index in [4.69, 9.17) is 8.83 Å². The van der Waals surface area contributed by atoms with Crippen LogP contribution in [0.4, 0.5) is 0 Å². The van der Waals surface area contributed by atoms with Crippen molar-refractivity contribution in [1.29, 1.82) is 0 Å². The van der Waals surface area contributed by atoms with Crippen LogP contribution in [-0.4, -0.2) is 39.3 Å². The Morgan fingerprint density at radius 3 is 2.62 bits per heavy atom. The quantitative estimate of drug-likeness (QED) is 0.536. The minimum atomic E-state index is -0.342. The predicted octanol–water partition coefficient (Wildman–Crippen LogP) is 2.54. The molecule has 8 heteroatoms. The number of nitrogens with one attached hydrogen (secondary N) is 2. The summed E-state index contributed by atoms with van der Waals surface area (Å²) in [5.74, 6) is 1.20. The zero-order chi connectivity index (χ0) is 21.1. The van der Waals surface area contributed by atoms with E-state index >= 15 is 0 Å². The molecule has 0 aliphatic carbocycles. The van der Waals surface area contributed by atoms with Gasteiger partial charge in [-0.15, -0.1) is 10.2 Å². The number of Topliss-reactive ketones (excluding diaryl/α,β-unsaturated/α-hetero) is 2. The maximum atomic E-state index is 13.2. The van der Waals surface area contributed by atoms with Gasteiger partial charge in [0.25, 0.3) is 11.8 Å². The molecule has 0 radical (unpaired) electrons. The van der Waals surface area contributed by atoms with Crippen LogP contribution in [0.1, 0.15) is 65.2 Å². The molecule has 154 valence electrons. The monoisotopic (exact) mass is 399 g/mol. The summed E-state index contributed by atoms with van der Waals surface area (Å²) in [6.07, 6.45) is 2.44. The summed E-state index contributed by atoms with van der Waals surface area (Å²) < 4.78 is 11.0. The number of hydrogen-bond donors (Lipinski definition) is 2. The number of nitrogens with zero attached hydrogens (tertiary/aromatic N) is 2. The number of rotatable bonds is 9. The van der Waals surface area contributed by atoms with E-state index in [2.05, 4.69) is 22.1 Å². The van der Waals surface area contributed by atoms with Crippen molar-refractivity contribution in [3.63, 3.8) is 0 Å². The van der Waals surface area contributed by atoms with E-state index < -0.39 is 0 Å². The van der Waals surface area contributed by atoms with Gasteiger partial charge in [0.2, 0.25) is 5.78 Å². The van der Waals surface area contributed by atoms with Crippen LogP contribution in [0, 0.1) is 13.8 Å². The number of ketones is 2. The zero-order valence-corrected chi connectivity index (χ0v) is 17.5. The van der Waals surface area contributed by atoms with Crippen LogP contribution < -0.4 is 4.90 Å². The van der Waals surface area contributed by atoms with Gasteiger partial charge in [0.05, 0.1) is 18.5 Å². The molecule has 3 heterocycles. The fourth-order valence-electron chi connectivity index (χ4n) is 3.72. The van der Waals surface area contributed by atoms with Crippen molar-refractivity contribution in [3.05, 3.63) is 46.8 Å². The molecule has 3 rings (SSSR count). The number of aromatic amines is 1. The second-order valence-electron chi connectivity index (χ2n) is 7.33. The topological polar surface area (TPSA) is 106 Å². The number of quaternary nitrogens is 1. The number of aromatic nitrogens is 3. The molecule has 2 N–H and O–H groups in total. The van der Waals surface area contributed by atoms with Gasteiger partial charge in [-0.1, -0.05) is 6.92 Å². The number of H-pyrrole nitrogens is 1. The zero-order valence-electron chi connectivity index (χ0n) is 17.5. The molecular formula is C21H27N4O4+. The smallest absolute Gasteiger partial charge is 0.283 e. The minimum absolute atomic E-state index is 0.0349. The molecule has 8 nitrogen and oxygen atoms in total. The molecule has 2 atom stereocenters. The highest BCUT2D eigenvalue weighted by Gasteiger charge is 2.31. The second kappa shape index (κ2) is 8.57. The van der Waals surface area contributed by atoms with E-state index in [1.807, 2.05) is 20.8 Å². The molecule has 29 heavy (non-hydrogen) atoms. The lowest BCUT2D eigenvalue weighted by molar-refractivity contribution is -0.928. The van der Waals surface area contributed by atoms with Gasteiger partial charge in [0.15, 0.2) is 24.1 Å². The lowest BCUT2D eigenvalue weighted by Crippen LogP contribution is -3.15. The van der Waals surface area contributed by atoms with Gasteiger partial charge in [-0.2, -0.15) is 0 Å². The summed E-state index contributed by atoms with van der Waals surface area (Å²) in [5, 5.41) is 8.14. The predicted molar refractivity (Wildman–Crippen MR) is 106 cm³/mol. The molecule has 0 spiro atoms.